The Bertz CT molecular complexity index is 750. The molecule has 2 heterocycles. The van der Waals surface area contributed by atoms with Crippen molar-refractivity contribution in [3.05, 3.63) is 53.7 Å². The molecular formula is C23H33N3O2. The Morgan fingerprint density at radius 2 is 1.86 bits per heavy atom. The van der Waals surface area contributed by atoms with E-state index in [-0.39, 0.29) is 5.41 Å². The van der Waals surface area contributed by atoms with Crippen molar-refractivity contribution in [2.75, 3.05) is 44.2 Å². The van der Waals surface area contributed by atoms with Crippen molar-refractivity contribution in [1.82, 2.24) is 9.88 Å². The normalized spacial score (nSPS) is 16.8. The smallest absolute Gasteiger partial charge is 0.128 e. The maximum atomic E-state index is 10.5. The maximum Gasteiger partial charge on any atom is 0.128 e. The highest BCUT2D eigenvalue weighted by Crippen LogP contribution is 2.32. The molecule has 5 heteroatoms. The van der Waals surface area contributed by atoms with Crippen molar-refractivity contribution >= 4 is 5.82 Å². The first-order valence-electron chi connectivity index (χ1n) is 10.1. The van der Waals surface area contributed by atoms with Gasteiger partial charge < -0.3 is 14.7 Å². The van der Waals surface area contributed by atoms with Crippen molar-refractivity contribution < 1.29 is 9.84 Å². The molecule has 1 unspecified atom stereocenters. The van der Waals surface area contributed by atoms with Gasteiger partial charge in [0.25, 0.3) is 0 Å². The molecule has 5 nitrogen and oxygen atoms in total. The van der Waals surface area contributed by atoms with E-state index >= 15 is 0 Å². The molecule has 152 valence electrons. The summed E-state index contributed by atoms with van der Waals surface area (Å²) in [6.07, 6.45) is 1.33. The van der Waals surface area contributed by atoms with E-state index in [4.69, 9.17) is 4.74 Å². The lowest BCUT2D eigenvalue weighted by molar-refractivity contribution is 0.0656. The zero-order chi connectivity index (χ0) is 20.1. The molecule has 1 saturated heterocycles. The second-order valence-electron chi connectivity index (χ2n) is 8.69. The van der Waals surface area contributed by atoms with Crippen LogP contribution in [0.4, 0.5) is 5.82 Å². The molecule has 1 aromatic carbocycles. The van der Waals surface area contributed by atoms with Crippen molar-refractivity contribution in [1.29, 1.82) is 0 Å². The van der Waals surface area contributed by atoms with Gasteiger partial charge in [-0.2, -0.15) is 0 Å². The first-order chi connectivity index (χ1) is 13.3. The van der Waals surface area contributed by atoms with Crippen molar-refractivity contribution in [2.24, 2.45) is 0 Å². The zero-order valence-corrected chi connectivity index (χ0v) is 17.6. The van der Waals surface area contributed by atoms with Crippen LogP contribution < -0.4 is 9.64 Å². The number of aliphatic hydroxyl groups is 1. The molecule has 3 rings (SSSR count). The minimum Gasteiger partial charge on any atom is -0.491 e. The Morgan fingerprint density at radius 3 is 2.50 bits per heavy atom. The van der Waals surface area contributed by atoms with Gasteiger partial charge in [0.1, 0.15) is 24.3 Å². The SMILES string of the molecule is Cc1ccc(OCC(O)CN2CCN(c3ccccn3)CC2)c(C(C)(C)C)c1. The lowest BCUT2D eigenvalue weighted by atomic mass is 9.85. The molecular weight excluding hydrogens is 350 g/mol. The van der Waals surface area contributed by atoms with Crippen LogP contribution in [0, 0.1) is 6.92 Å². The van der Waals surface area contributed by atoms with Crippen molar-refractivity contribution in [3.8, 4) is 5.75 Å². The maximum absolute atomic E-state index is 10.5. The first kappa shape index (κ1) is 20.6. The van der Waals surface area contributed by atoms with Crippen LogP contribution in [-0.4, -0.2) is 60.4 Å². The second kappa shape index (κ2) is 8.93. The predicted octanol–water partition coefficient (Wildman–Crippen LogP) is 3.25. The number of β-amino-alcohol motifs (C(OH)–C–C–N with tert-alkyl or cyclic N) is 1. The van der Waals surface area contributed by atoms with Crippen LogP contribution in [0.2, 0.25) is 0 Å². The van der Waals surface area contributed by atoms with Gasteiger partial charge in [0.2, 0.25) is 0 Å². The number of piperazine rings is 1. The summed E-state index contributed by atoms with van der Waals surface area (Å²) < 4.78 is 6.02. The molecule has 0 aliphatic carbocycles. The lowest BCUT2D eigenvalue weighted by Gasteiger charge is -2.36. The third-order valence-corrected chi connectivity index (χ3v) is 5.19. The van der Waals surface area contributed by atoms with Crippen LogP contribution in [0.3, 0.4) is 0 Å². The van der Waals surface area contributed by atoms with Gasteiger partial charge in [0.05, 0.1) is 0 Å². The third-order valence-electron chi connectivity index (χ3n) is 5.19. The van der Waals surface area contributed by atoms with Gasteiger partial charge in [0, 0.05) is 38.9 Å². The first-order valence-corrected chi connectivity index (χ1v) is 10.1. The predicted molar refractivity (Wildman–Crippen MR) is 114 cm³/mol. The molecule has 2 aromatic rings. The lowest BCUT2D eigenvalue weighted by Crippen LogP contribution is -2.49. The molecule has 0 saturated carbocycles. The Balaban J connectivity index is 1.49. The van der Waals surface area contributed by atoms with Crippen LogP contribution in [0.25, 0.3) is 0 Å². The van der Waals surface area contributed by atoms with Gasteiger partial charge in [-0.3, -0.25) is 4.90 Å². The van der Waals surface area contributed by atoms with Crippen LogP contribution in [0.1, 0.15) is 31.9 Å². The number of hydrogen-bond donors (Lipinski definition) is 1. The minimum atomic E-state index is -0.504. The molecule has 1 aliphatic rings. The Morgan fingerprint density at radius 1 is 1.11 bits per heavy atom. The summed E-state index contributed by atoms with van der Waals surface area (Å²) >= 11 is 0. The van der Waals surface area contributed by atoms with E-state index in [9.17, 15) is 5.11 Å². The fourth-order valence-corrected chi connectivity index (χ4v) is 3.59. The van der Waals surface area contributed by atoms with Gasteiger partial charge in [-0.25, -0.2) is 4.98 Å². The number of benzene rings is 1. The van der Waals surface area contributed by atoms with E-state index < -0.39 is 6.10 Å². The highest BCUT2D eigenvalue weighted by atomic mass is 16.5. The second-order valence-corrected chi connectivity index (χ2v) is 8.69. The fourth-order valence-electron chi connectivity index (χ4n) is 3.59. The summed E-state index contributed by atoms with van der Waals surface area (Å²) in [5.74, 6) is 1.90. The van der Waals surface area contributed by atoms with Crippen LogP contribution in [0.15, 0.2) is 42.6 Å². The summed E-state index contributed by atoms with van der Waals surface area (Å²) in [4.78, 5) is 9.02. The summed E-state index contributed by atoms with van der Waals surface area (Å²) in [5, 5.41) is 10.5. The number of rotatable bonds is 6. The molecule has 1 aromatic heterocycles. The molecule has 1 N–H and O–H groups in total. The fraction of sp³-hybridized carbons (Fsp3) is 0.522. The monoisotopic (exact) mass is 383 g/mol. The summed E-state index contributed by atoms with van der Waals surface area (Å²) in [6, 6.07) is 12.3. The van der Waals surface area contributed by atoms with Crippen molar-refractivity contribution in [3.63, 3.8) is 0 Å². The Labute approximate surface area is 169 Å². The van der Waals surface area contributed by atoms with E-state index in [1.54, 1.807) is 0 Å². The number of ether oxygens (including phenoxy) is 1. The van der Waals surface area contributed by atoms with Crippen LogP contribution in [0.5, 0.6) is 5.75 Å². The quantitative estimate of drug-likeness (QED) is 0.830. The number of pyridine rings is 1. The van der Waals surface area contributed by atoms with Gasteiger partial charge >= 0.3 is 0 Å². The molecule has 0 amide bonds. The number of hydrogen-bond acceptors (Lipinski definition) is 5. The van der Waals surface area contributed by atoms with E-state index in [0.717, 1.165) is 37.7 Å². The van der Waals surface area contributed by atoms with Gasteiger partial charge in [-0.15, -0.1) is 0 Å². The minimum absolute atomic E-state index is 0.00804. The highest BCUT2D eigenvalue weighted by molar-refractivity contribution is 5.41. The van der Waals surface area contributed by atoms with Gasteiger partial charge in [-0.05, 0) is 36.1 Å². The number of aliphatic hydroxyl groups excluding tert-OH is 1. The third kappa shape index (κ3) is 5.46. The molecule has 1 aliphatic heterocycles. The van der Waals surface area contributed by atoms with E-state index in [1.807, 2.05) is 30.5 Å². The number of aromatic nitrogens is 1. The van der Waals surface area contributed by atoms with Crippen LogP contribution >= 0.6 is 0 Å². The number of anilines is 1. The molecule has 0 bridgehead atoms. The largest absolute Gasteiger partial charge is 0.491 e. The van der Waals surface area contributed by atoms with E-state index in [1.165, 1.54) is 11.1 Å². The molecule has 1 atom stereocenters. The Kier molecular flexibility index (Phi) is 6.57. The highest BCUT2D eigenvalue weighted by Gasteiger charge is 2.22. The summed E-state index contributed by atoms with van der Waals surface area (Å²) in [5.41, 5.74) is 2.42. The zero-order valence-electron chi connectivity index (χ0n) is 17.6. The van der Waals surface area contributed by atoms with Gasteiger partial charge in [-0.1, -0.05) is 44.5 Å². The standard InChI is InChI=1S/C23H33N3O2/c1-18-8-9-21(20(15-18)23(2,3)4)28-17-19(27)16-25-11-13-26(14-12-25)22-7-5-6-10-24-22/h5-10,15,19,27H,11-14,16-17H2,1-4H3. The molecule has 1 fully saturated rings. The molecule has 28 heavy (non-hydrogen) atoms. The van der Waals surface area contributed by atoms with Crippen molar-refractivity contribution in [2.45, 2.75) is 39.2 Å². The van der Waals surface area contributed by atoms with Crippen LogP contribution in [-0.2, 0) is 5.41 Å². The van der Waals surface area contributed by atoms with E-state index in [2.05, 4.69) is 54.6 Å². The molecule has 0 spiro atoms. The van der Waals surface area contributed by atoms with E-state index in [0.29, 0.717) is 13.2 Å². The average Bonchev–Trinajstić information content (AvgIpc) is 2.67. The average molecular weight is 384 g/mol. The number of aryl methyl sites for hydroxylation is 1. The topological polar surface area (TPSA) is 48.8 Å². The summed E-state index contributed by atoms with van der Waals surface area (Å²) in [7, 11) is 0. The van der Waals surface area contributed by atoms with Gasteiger partial charge in [0.15, 0.2) is 0 Å². The number of nitrogens with zero attached hydrogens (tertiary/aromatic N) is 3. The summed E-state index contributed by atoms with van der Waals surface area (Å²) in [6.45, 7) is 13.3. The Hall–Kier alpha value is -2.11. The molecule has 0 radical (unpaired) electrons.